The van der Waals surface area contributed by atoms with Crippen molar-refractivity contribution in [1.82, 2.24) is 0 Å². The third-order valence-corrected chi connectivity index (χ3v) is 4.79. The summed E-state index contributed by atoms with van der Waals surface area (Å²) >= 11 is 0. The lowest BCUT2D eigenvalue weighted by atomic mass is 9.90. The van der Waals surface area contributed by atoms with Gasteiger partial charge in [-0.05, 0) is 49.1 Å². The number of methoxy groups -OCH3 is 1. The first kappa shape index (κ1) is 25.2. The van der Waals surface area contributed by atoms with Gasteiger partial charge in [-0.25, -0.2) is 27.7 Å². The first-order valence-electron chi connectivity index (χ1n) is 10.2. The Labute approximate surface area is 184 Å². The highest BCUT2D eigenvalue weighted by Crippen LogP contribution is 2.29. The van der Waals surface area contributed by atoms with Crippen LogP contribution >= 0.6 is 0 Å². The van der Waals surface area contributed by atoms with E-state index in [1.807, 2.05) is 0 Å². The van der Waals surface area contributed by atoms with Crippen molar-refractivity contribution >= 4 is 23.4 Å². The molecule has 0 radical (unpaired) electrons. The maximum atomic E-state index is 13.6. The van der Waals surface area contributed by atoms with Gasteiger partial charge in [-0.2, -0.15) is 0 Å². The minimum atomic E-state index is -0.933. The molecule has 3 rings (SSSR count). The van der Waals surface area contributed by atoms with Crippen molar-refractivity contribution in [2.24, 2.45) is 5.92 Å². The number of benzene rings is 2. The lowest BCUT2D eigenvalue weighted by Crippen LogP contribution is -2.29. The highest BCUT2D eigenvalue weighted by atomic mass is 19.1. The molecule has 0 aromatic heterocycles. The number of hydrogen-bond donors (Lipinski definition) is 1. The van der Waals surface area contributed by atoms with Gasteiger partial charge in [0.1, 0.15) is 24.1 Å². The quantitative estimate of drug-likeness (QED) is 0.609. The van der Waals surface area contributed by atoms with Crippen LogP contribution in [0.2, 0.25) is 0 Å². The molecule has 2 aromatic carbocycles. The van der Waals surface area contributed by atoms with E-state index < -0.39 is 29.5 Å². The van der Waals surface area contributed by atoms with Crippen LogP contribution in [0.15, 0.2) is 42.5 Å². The molecule has 6 nitrogen and oxygen atoms in total. The largest absolute Gasteiger partial charge is 0.480 e. The van der Waals surface area contributed by atoms with Crippen LogP contribution in [0.5, 0.6) is 0 Å². The van der Waals surface area contributed by atoms with Crippen molar-refractivity contribution in [1.29, 1.82) is 0 Å². The van der Waals surface area contributed by atoms with Gasteiger partial charge in [0.05, 0.1) is 18.0 Å². The number of aliphatic carboxylic acids is 1. The van der Waals surface area contributed by atoms with Crippen LogP contribution < -0.4 is 4.90 Å². The number of anilines is 2. The molecule has 174 valence electrons. The number of carboxylic acid groups (broad SMARTS) is 1. The minimum absolute atomic E-state index is 0.0539. The Morgan fingerprint density at radius 3 is 2.12 bits per heavy atom. The molecule has 1 fully saturated rings. The van der Waals surface area contributed by atoms with Crippen molar-refractivity contribution in [3.8, 4) is 0 Å². The smallest absolute Gasteiger partial charge is 0.418 e. The van der Waals surface area contributed by atoms with Crippen LogP contribution in [0, 0.1) is 23.4 Å². The van der Waals surface area contributed by atoms with E-state index in [4.69, 9.17) is 9.84 Å². The van der Waals surface area contributed by atoms with Crippen molar-refractivity contribution in [3.63, 3.8) is 0 Å². The summed E-state index contributed by atoms with van der Waals surface area (Å²) in [6, 6.07) is 7.97. The second-order valence-corrected chi connectivity index (χ2v) is 7.35. The second kappa shape index (κ2) is 12.7. The average Bonchev–Trinajstić information content (AvgIpc) is 2.73. The highest BCUT2D eigenvalue weighted by molar-refractivity contribution is 5.96. The molecule has 0 heterocycles. The lowest BCUT2D eigenvalue weighted by Gasteiger charge is -2.25. The molecule has 1 N–H and O–H groups in total. The maximum absolute atomic E-state index is 13.6. The number of ether oxygens (including phenoxy) is 2. The van der Waals surface area contributed by atoms with Gasteiger partial charge in [-0.15, -0.1) is 0 Å². The third-order valence-electron chi connectivity index (χ3n) is 4.79. The number of amides is 1. The van der Waals surface area contributed by atoms with Crippen molar-refractivity contribution < 1.29 is 37.3 Å². The summed E-state index contributed by atoms with van der Waals surface area (Å²) in [6.45, 7) is 0.0302. The Hall–Kier alpha value is -3.07. The molecule has 0 saturated heterocycles. The molecule has 9 heteroatoms. The molecule has 1 amide bonds. The summed E-state index contributed by atoms with van der Waals surface area (Å²) in [6.07, 6.45) is 4.58. The number of halogens is 3. The Morgan fingerprint density at radius 2 is 1.59 bits per heavy atom. The lowest BCUT2D eigenvalue weighted by molar-refractivity contribution is -0.141. The second-order valence-electron chi connectivity index (χ2n) is 7.35. The van der Waals surface area contributed by atoms with E-state index in [0.29, 0.717) is 6.07 Å². The van der Waals surface area contributed by atoms with Gasteiger partial charge < -0.3 is 14.6 Å². The van der Waals surface area contributed by atoms with Crippen LogP contribution in [0.25, 0.3) is 0 Å². The normalized spacial score (nSPS) is 13.6. The summed E-state index contributed by atoms with van der Waals surface area (Å²) in [5.74, 6) is -2.88. The number of nitrogens with zero attached hydrogens (tertiary/aromatic N) is 1. The van der Waals surface area contributed by atoms with E-state index in [9.17, 15) is 22.8 Å². The molecule has 0 unspecified atom stereocenters. The molecule has 0 atom stereocenters. The van der Waals surface area contributed by atoms with Crippen molar-refractivity contribution in [3.05, 3.63) is 59.9 Å². The predicted octanol–water partition coefficient (Wildman–Crippen LogP) is 5.68. The molecular formula is C23H26F3NO5. The highest BCUT2D eigenvalue weighted by Gasteiger charge is 2.23. The van der Waals surface area contributed by atoms with Crippen LogP contribution in [0.4, 0.5) is 29.3 Å². The fraction of sp³-hybridized carbons (Fsp3) is 0.391. The van der Waals surface area contributed by atoms with E-state index in [-0.39, 0.29) is 30.5 Å². The average molecular weight is 453 g/mol. The number of carbonyl (C=O) groups is 2. The first-order chi connectivity index (χ1) is 15.3. The minimum Gasteiger partial charge on any atom is -0.480 e. The molecule has 0 spiro atoms. The monoisotopic (exact) mass is 453 g/mol. The van der Waals surface area contributed by atoms with E-state index in [1.165, 1.54) is 31.7 Å². The number of hydrogen-bond acceptors (Lipinski definition) is 4. The summed E-state index contributed by atoms with van der Waals surface area (Å²) < 4.78 is 50.5. The third kappa shape index (κ3) is 8.22. The zero-order valence-electron chi connectivity index (χ0n) is 17.7. The van der Waals surface area contributed by atoms with Crippen LogP contribution in [-0.4, -0.2) is 37.5 Å². The zero-order valence-corrected chi connectivity index (χ0v) is 17.7. The fourth-order valence-electron chi connectivity index (χ4n) is 3.37. The Morgan fingerprint density at radius 1 is 0.969 bits per heavy atom. The first-order valence-corrected chi connectivity index (χ1v) is 10.2. The summed E-state index contributed by atoms with van der Waals surface area (Å²) in [7, 11) is 1.34. The van der Waals surface area contributed by atoms with Crippen LogP contribution in [0.1, 0.15) is 32.1 Å². The molecular weight excluding hydrogens is 427 g/mol. The van der Waals surface area contributed by atoms with Crippen molar-refractivity contribution in [2.75, 3.05) is 25.2 Å². The van der Waals surface area contributed by atoms with Gasteiger partial charge in [-0.3, -0.25) is 0 Å². The number of carboxylic acids is 1. The fourth-order valence-corrected chi connectivity index (χ4v) is 3.37. The Balaban J connectivity index is 0.000000534. The molecule has 1 saturated carbocycles. The van der Waals surface area contributed by atoms with Gasteiger partial charge in [0.25, 0.3) is 0 Å². The number of rotatable bonds is 6. The summed E-state index contributed by atoms with van der Waals surface area (Å²) in [5, 5.41) is 7.79. The molecule has 2 aromatic rings. The van der Waals surface area contributed by atoms with Crippen molar-refractivity contribution in [2.45, 2.75) is 32.1 Å². The van der Waals surface area contributed by atoms with Gasteiger partial charge in [0.15, 0.2) is 0 Å². The van der Waals surface area contributed by atoms with Gasteiger partial charge in [-0.1, -0.05) is 25.3 Å². The number of carbonyl (C=O) groups excluding carboxylic acids is 1. The van der Waals surface area contributed by atoms with E-state index >= 15 is 0 Å². The standard InChI is InChI=1S/C20H20F3NO2.C3H6O3/c21-15-7-4-8-18(10-15)24(19-11-16(22)9-17(23)12-19)20(25)26-13-14-5-2-1-3-6-14;1-6-2-3(4)5/h4,7-12,14H,1-3,5-6,13H2;2H2,1H3,(H,4,5). The SMILES string of the molecule is COCC(=O)O.O=C(OCC1CCCCC1)N(c1cccc(F)c1)c1cc(F)cc(F)c1. The Bertz CT molecular complexity index is 883. The van der Waals surface area contributed by atoms with E-state index in [2.05, 4.69) is 4.74 Å². The maximum Gasteiger partial charge on any atom is 0.418 e. The summed E-state index contributed by atoms with van der Waals surface area (Å²) in [4.78, 5) is 23.1. The van der Waals surface area contributed by atoms with Gasteiger partial charge in [0, 0.05) is 13.2 Å². The topological polar surface area (TPSA) is 76.1 Å². The molecule has 0 aliphatic heterocycles. The van der Waals surface area contributed by atoms with Gasteiger partial charge in [0.2, 0.25) is 0 Å². The zero-order chi connectivity index (χ0) is 23.5. The summed E-state index contributed by atoms with van der Waals surface area (Å²) in [5.41, 5.74) is 0.0883. The van der Waals surface area contributed by atoms with E-state index in [1.54, 1.807) is 0 Å². The van der Waals surface area contributed by atoms with Crippen LogP contribution in [-0.2, 0) is 14.3 Å². The molecule has 1 aliphatic carbocycles. The predicted molar refractivity (Wildman–Crippen MR) is 112 cm³/mol. The molecule has 0 bridgehead atoms. The molecule has 32 heavy (non-hydrogen) atoms. The van der Waals surface area contributed by atoms with Gasteiger partial charge >= 0.3 is 12.1 Å². The van der Waals surface area contributed by atoms with Crippen LogP contribution in [0.3, 0.4) is 0 Å². The van der Waals surface area contributed by atoms with E-state index in [0.717, 1.165) is 48.8 Å². The molecule has 1 aliphatic rings. The Kier molecular flexibility index (Phi) is 10.0.